The molecule has 3 aliphatic rings. The number of fused-ring (bicyclic) bond motifs is 1. The number of likely N-dealkylation sites (tertiary alicyclic amines) is 1. The summed E-state index contributed by atoms with van der Waals surface area (Å²) in [6.07, 6.45) is 4.51. The fourth-order valence-electron chi connectivity index (χ4n) is 4.63. The van der Waals surface area contributed by atoms with Crippen molar-refractivity contribution in [3.05, 3.63) is 0 Å². The smallest absolute Gasteiger partial charge is 0.0155 e. The summed E-state index contributed by atoms with van der Waals surface area (Å²) >= 11 is 0. The average molecular weight is 179 g/mol. The average Bonchev–Trinajstić information content (AvgIpc) is 2.52. The molecule has 1 heterocycles. The molecule has 2 saturated carbocycles. The predicted molar refractivity (Wildman–Crippen MR) is 54.5 cm³/mol. The van der Waals surface area contributed by atoms with E-state index in [2.05, 4.69) is 25.8 Å². The van der Waals surface area contributed by atoms with Crippen molar-refractivity contribution in [2.45, 2.75) is 45.2 Å². The highest BCUT2D eigenvalue weighted by Gasteiger charge is 2.55. The fourth-order valence-corrected chi connectivity index (χ4v) is 4.63. The molecular weight excluding hydrogens is 158 g/mol. The van der Waals surface area contributed by atoms with Crippen molar-refractivity contribution in [3.63, 3.8) is 0 Å². The molecule has 0 aromatic carbocycles. The maximum atomic E-state index is 2.71. The standard InChI is InChI=1S/C12H21N/c1-7-8(2)12-11-6-9(13(12)3)4-5-10(7)11/h7-12H,4-6H2,1-3H3/t7?,8?,9-,10?,11+,12?/m0/s1. The highest BCUT2D eigenvalue weighted by molar-refractivity contribution is 5.08. The van der Waals surface area contributed by atoms with Crippen LogP contribution in [0.1, 0.15) is 33.1 Å². The third kappa shape index (κ3) is 0.869. The summed E-state index contributed by atoms with van der Waals surface area (Å²) in [6, 6.07) is 1.88. The van der Waals surface area contributed by atoms with E-state index >= 15 is 0 Å². The number of hydrogen-bond donors (Lipinski definition) is 0. The molecule has 74 valence electrons. The Bertz CT molecular complexity index is 221. The zero-order chi connectivity index (χ0) is 9.16. The first-order valence-corrected chi connectivity index (χ1v) is 5.92. The highest BCUT2D eigenvalue weighted by Crippen LogP contribution is 2.55. The van der Waals surface area contributed by atoms with Gasteiger partial charge in [-0.3, -0.25) is 4.90 Å². The van der Waals surface area contributed by atoms with E-state index in [1.54, 1.807) is 0 Å². The molecule has 2 bridgehead atoms. The second-order valence-corrected chi connectivity index (χ2v) is 5.67. The Labute approximate surface area is 81.5 Å². The molecule has 1 heteroatoms. The Hall–Kier alpha value is -0.0400. The quantitative estimate of drug-likeness (QED) is 0.552. The van der Waals surface area contributed by atoms with E-state index in [9.17, 15) is 0 Å². The SMILES string of the molecule is CC1C(C)C2[C@@H]3C[C@H](CCC13)N2C. The topological polar surface area (TPSA) is 3.24 Å². The van der Waals surface area contributed by atoms with Gasteiger partial charge in [0.15, 0.2) is 0 Å². The highest BCUT2D eigenvalue weighted by atomic mass is 15.2. The number of nitrogens with zero attached hydrogens (tertiary/aromatic N) is 1. The van der Waals surface area contributed by atoms with Crippen molar-refractivity contribution in [2.75, 3.05) is 7.05 Å². The third-order valence-corrected chi connectivity index (χ3v) is 5.46. The van der Waals surface area contributed by atoms with E-state index in [4.69, 9.17) is 0 Å². The van der Waals surface area contributed by atoms with Crippen LogP contribution in [0, 0.1) is 23.7 Å². The minimum atomic E-state index is 0.937. The van der Waals surface area contributed by atoms with E-state index in [0.717, 1.165) is 35.8 Å². The lowest BCUT2D eigenvalue weighted by Crippen LogP contribution is -2.37. The summed E-state index contributed by atoms with van der Waals surface area (Å²) in [5.74, 6) is 4.07. The van der Waals surface area contributed by atoms with Crippen LogP contribution >= 0.6 is 0 Å². The van der Waals surface area contributed by atoms with Gasteiger partial charge < -0.3 is 0 Å². The minimum absolute atomic E-state index is 0.937. The van der Waals surface area contributed by atoms with Crippen molar-refractivity contribution in [3.8, 4) is 0 Å². The summed E-state index contributed by atoms with van der Waals surface area (Å²) in [7, 11) is 2.37. The first-order valence-electron chi connectivity index (χ1n) is 5.92. The maximum Gasteiger partial charge on any atom is 0.0155 e. The van der Waals surface area contributed by atoms with Crippen molar-refractivity contribution in [2.24, 2.45) is 23.7 Å². The molecule has 1 saturated heterocycles. The van der Waals surface area contributed by atoms with Crippen molar-refractivity contribution in [1.82, 2.24) is 4.90 Å². The van der Waals surface area contributed by atoms with Gasteiger partial charge >= 0.3 is 0 Å². The van der Waals surface area contributed by atoms with Crippen LogP contribution in [0.25, 0.3) is 0 Å². The van der Waals surface area contributed by atoms with Crippen LogP contribution in [0.5, 0.6) is 0 Å². The van der Waals surface area contributed by atoms with E-state index < -0.39 is 0 Å². The van der Waals surface area contributed by atoms with Crippen molar-refractivity contribution < 1.29 is 0 Å². The lowest BCUT2D eigenvalue weighted by Gasteiger charge is -2.33. The molecule has 0 N–H and O–H groups in total. The summed E-state index contributed by atoms with van der Waals surface area (Å²) in [6.45, 7) is 4.97. The zero-order valence-electron chi connectivity index (χ0n) is 9.03. The Morgan fingerprint density at radius 3 is 2.54 bits per heavy atom. The van der Waals surface area contributed by atoms with Gasteiger partial charge in [-0.2, -0.15) is 0 Å². The molecule has 3 rings (SSSR count). The molecule has 3 fully saturated rings. The van der Waals surface area contributed by atoms with Gasteiger partial charge in [0.25, 0.3) is 0 Å². The van der Waals surface area contributed by atoms with E-state index in [1.165, 1.54) is 19.3 Å². The first-order chi connectivity index (χ1) is 6.20. The Balaban J connectivity index is 1.98. The monoisotopic (exact) mass is 179 g/mol. The van der Waals surface area contributed by atoms with Crippen LogP contribution in [-0.4, -0.2) is 24.0 Å². The fraction of sp³-hybridized carbons (Fsp3) is 1.00. The molecule has 6 atom stereocenters. The van der Waals surface area contributed by atoms with Crippen molar-refractivity contribution in [1.29, 1.82) is 0 Å². The minimum Gasteiger partial charge on any atom is -0.300 e. The molecule has 0 aromatic heterocycles. The molecule has 13 heavy (non-hydrogen) atoms. The van der Waals surface area contributed by atoms with Crippen LogP contribution in [0.2, 0.25) is 0 Å². The predicted octanol–water partition coefficient (Wildman–Crippen LogP) is 2.37. The lowest BCUT2D eigenvalue weighted by atomic mass is 9.78. The normalized spacial score (nSPS) is 60.2. The molecule has 2 aliphatic carbocycles. The Morgan fingerprint density at radius 1 is 1.00 bits per heavy atom. The maximum absolute atomic E-state index is 2.71. The molecule has 0 radical (unpaired) electrons. The number of hydrogen-bond acceptors (Lipinski definition) is 1. The van der Waals surface area contributed by atoms with Crippen molar-refractivity contribution >= 4 is 0 Å². The Morgan fingerprint density at radius 2 is 1.77 bits per heavy atom. The zero-order valence-corrected chi connectivity index (χ0v) is 9.03. The van der Waals surface area contributed by atoms with Crippen LogP contribution < -0.4 is 0 Å². The molecule has 0 aromatic rings. The molecule has 1 aliphatic heterocycles. The van der Waals surface area contributed by atoms with Gasteiger partial charge in [-0.1, -0.05) is 13.8 Å². The van der Waals surface area contributed by atoms with E-state index in [0.29, 0.717) is 0 Å². The molecule has 1 nitrogen and oxygen atoms in total. The van der Waals surface area contributed by atoms with Gasteiger partial charge in [0, 0.05) is 12.1 Å². The summed E-state index contributed by atoms with van der Waals surface area (Å²) in [5.41, 5.74) is 0. The van der Waals surface area contributed by atoms with Gasteiger partial charge in [0.2, 0.25) is 0 Å². The van der Waals surface area contributed by atoms with Crippen LogP contribution in [0.15, 0.2) is 0 Å². The van der Waals surface area contributed by atoms with E-state index in [1.807, 2.05) is 0 Å². The Kier molecular flexibility index (Phi) is 1.59. The largest absolute Gasteiger partial charge is 0.300 e. The van der Waals surface area contributed by atoms with Gasteiger partial charge in [-0.25, -0.2) is 0 Å². The number of rotatable bonds is 0. The molecule has 0 amide bonds. The third-order valence-electron chi connectivity index (χ3n) is 5.46. The summed E-state index contributed by atoms with van der Waals surface area (Å²) in [5, 5.41) is 0. The van der Waals surface area contributed by atoms with Crippen LogP contribution in [0.4, 0.5) is 0 Å². The van der Waals surface area contributed by atoms with E-state index in [-0.39, 0.29) is 0 Å². The van der Waals surface area contributed by atoms with Crippen LogP contribution in [-0.2, 0) is 0 Å². The van der Waals surface area contributed by atoms with Gasteiger partial charge in [-0.05, 0) is 50.0 Å². The van der Waals surface area contributed by atoms with Crippen LogP contribution in [0.3, 0.4) is 0 Å². The molecular formula is C12H21N. The first kappa shape index (κ1) is 8.28. The summed E-state index contributed by atoms with van der Waals surface area (Å²) in [4.78, 5) is 2.71. The van der Waals surface area contributed by atoms with Gasteiger partial charge in [0.05, 0.1) is 0 Å². The van der Waals surface area contributed by atoms with Gasteiger partial charge in [-0.15, -0.1) is 0 Å². The summed E-state index contributed by atoms with van der Waals surface area (Å²) < 4.78 is 0. The lowest BCUT2D eigenvalue weighted by molar-refractivity contribution is 0.150. The van der Waals surface area contributed by atoms with Gasteiger partial charge in [0.1, 0.15) is 0 Å². The second kappa shape index (κ2) is 2.50. The second-order valence-electron chi connectivity index (χ2n) is 5.67. The molecule has 0 spiro atoms. The molecule has 4 unspecified atom stereocenters.